The summed E-state index contributed by atoms with van der Waals surface area (Å²) in [5.41, 5.74) is 1.77. The second kappa shape index (κ2) is 6.11. The first kappa shape index (κ1) is 15.3. The molecule has 0 aliphatic heterocycles. The maximum atomic E-state index is 6.17. The summed E-state index contributed by atoms with van der Waals surface area (Å²) >= 11 is 6.17. The van der Waals surface area contributed by atoms with Crippen LogP contribution >= 0.6 is 11.6 Å². The van der Waals surface area contributed by atoms with Crippen molar-refractivity contribution in [3.05, 3.63) is 23.6 Å². The Morgan fingerprint density at radius 3 is 2.70 bits per heavy atom. The summed E-state index contributed by atoms with van der Waals surface area (Å²) in [6, 6.07) is 2.97. The van der Waals surface area contributed by atoms with Crippen LogP contribution in [0.15, 0.2) is 18.5 Å². The molecule has 5 nitrogen and oxygen atoms in total. The minimum atomic E-state index is -1.05. The number of rotatable bonds is 6. The minimum absolute atomic E-state index is 0.392. The predicted octanol–water partition coefficient (Wildman–Crippen LogP) is 3.25. The van der Waals surface area contributed by atoms with Crippen molar-refractivity contribution in [1.82, 2.24) is 19.6 Å². The van der Waals surface area contributed by atoms with Crippen LogP contribution in [0.2, 0.25) is 30.8 Å². The molecule has 0 N–H and O–H groups in total. The van der Waals surface area contributed by atoms with Crippen LogP contribution in [-0.4, -0.2) is 34.2 Å². The lowest BCUT2D eigenvalue weighted by molar-refractivity contribution is 0.0789. The van der Waals surface area contributed by atoms with Crippen LogP contribution in [0.3, 0.4) is 0 Å². The first-order chi connectivity index (χ1) is 9.35. The van der Waals surface area contributed by atoms with Crippen LogP contribution < -0.4 is 0 Å². The molecule has 0 aliphatic carbocycles. The van der Waals surface area contributed by atoms with Gasteiger partial charge in [-0.1, -0.05) is 31.2 Å². The highest BCUT2D eigenvalue weighted by Gasteiger charge is 2.13. The van der Waals surface area contributed by atoms with Gasteiger partial charge >= 0.3 is 0 Å². The van der Waals surface area contributed by atoms with Gasteiger partial charge in [-0.05, 0) is 6.04 Å². The quantitative estimate of drug-likeness (QED) is 0.607. The van der Waals surface area contributed by atoms with Crippen molar-refractivity contribution in [2.45, 2.75) is 32.4 Å². The van der Waals surface area contributed by atoms with Gasteiger partial charge in [-0.15, -0.1) is 0 Å². The lowest BCUT2D eigenvalue weighted by atomic mass is 10.3. The Kier molecular flexibility index (Phi) is 4.67. The smallest absolute Gasteiger partial charge is 0.141 e. The molecule has 0 amide bonds. The van der Waals surface area contributed by atoms with E-state index in [2.05, 4.69) is 29.8 Å². The Morgan fingerprint density at radius 1 is 1.35 bits per heavy atom. The van der Waals surface area contributed by atoms with E-state index in [9.17, 15) is 0 Å². The van der Waals surface area contributed by atoms with E-state index in [1.165, 1.54) is 0 Å². The van der Waals surface area contributed by atoms with Crippen molar-refractivity contribution in [3.63, 3.8) is 0 Å². The average molecular weight is 313 g/mol. The van der Waals surface area contributed by atoms with E-state index in [0.717, 1.165) is 23.9 Å². The molecule has 0 radical (unpaired) electrons. The van der Waals surface area contributed by atoms with Crippen LogP contribution in [0.4, 0.5) is 0 Å². The van der Waals surface area contributed by atoms with Gasteiger partial charge in [0.1, 0.15) is 11.9 Å². The normalized spacial score (nSPS) is 12.1. The van der Waals surface area contributed by atoms with Gasteiger partial charge < -0.3 is 4.74 Å². The zero-order chi connectivity index (χ0) is 14.8. The molecule has 0 saturated carbocycles. The summed E-state index contributed by atoms with van der Waals surface area (Å²) < 4.78 is 9.08. The summed E-state index contributed by atoms with van der Waals surface area (Å²) in [4.78, 5) is 0. The van der Waals surface area contributed by atoms with Gasteiger partial charge in [0.25, 0.3) is 0 Å². The van der Waals surface area contributed by atoms with E-state index in [0.29, 0.717) is 11.9 Å². The van der Waals surface area contributed by atoms with E-state index in [1.807, 2.05) is 19.3 Å². The topological polar surface area (TPSA) is 44.9 Å². The largest absolute Gasteiger partial charge is 0.359 e. The highest BCUT2D eigenvalue weighted by atomic mass is 35.5. The zero-order valence-electron chi connectivity index (χ0n) is 12.4. The average Bonchev–Trinajstić information content (AvgIpc) is 2.90. The number of aryl methyl sites for hydroxylation is 1. The van der Waals surface area contributed by atoms with Crippen LogP contribution in [0.25, 0.3) is 11.3 Å². The highest BCUT2D eigenvalue weighted by Crippen LogP contribution is 2.21. The summed E-state index contributed by atoms with van der Waals surface area (Å²) in [7, 11) is 0.824. The minimum Gasteiger partial charge on any atom is -0.359 e. The fourth-order valence-electron chi connectivity index (χ4n) is 1.71. The molecule has 0 saturated heterocycles. The second-order valence-corrected chi connectivity index (χ2v) is 12.1. The number of aromatic nitrogens is 4. The van der Waals surface area contributed by atoms with E-state index in [-0.39, 0.29) is 0 Å². The van der Waals surface area contributed by atoms with E-state index in [4.69, 9.17) is 16.3 Å². The summed E-state index contributed by atoms with van der Waals surface area (Å²) in [5.74, 6) is 0. The SMILES string of the molecule is Cn1cc(-c2cc(Cl)n(COCC[Si](C)(C)C)n2)cn1. The molecule has 2 aromatic rings. The van der Waals surface area contributed by atoms with Crippen molar-refractivity contribution < 1.29 is 4.74 Å². The molecule has 7 heteroatoms. The molecule has 0 atom stereocenters. The van der Waals surface area contributed by atoms with Crippen molar-refractivity contribution in [1.29, 1.82) is 0 Å². The third-order valence-electron chi connectivity index (χ3n) is 2.94. The van der Waals surface area contributed by atoms with Gasteiger partial charge in [0, 0.05) is 39.6 Å². The van der Waals surface area contributed by atoms with Gasteiger partial charge in [-0.25, -0.2) is 4.68 Å². The Balaban J connectivity index is 1.95. The van der Waals surface area contributed by atoms with Crippen molar-refractivity contribution in [2.24, 2.45) is 7.05 Å². The summed E-state index contributed by atoms with van der Waals surface area (Å²) in [6.45, 7) is 8.14. The third kappa shape index (κ3) is 4.19. The monoisotopic (exact) mass is 312 g/mol. The highest BCUT2D eigenvalue weighted by molar-refractivity contribution is 6.76. The molecule has 0 unspecified atom stereocenters. The van der Waals surface area contributed by atoms with Crippen molar-refractivity contribution in [3.8, 4) is 11.3 Å². The lowest BCUT2D eigenvalue weighted by Gasteiger charge is -2.15. The lowest BCUT2D eigenvalue weighted by Crippen LogP contribution is -2.22. The van der Waals surface area contributed by atoms with Crippen LogP contribution in [-0.2, 0) is 18.5 Å². The predicted molar refractivity (Wildman–Crippen MR) is 83.5 cm³/mol. The maximum absolute atomic E-state index is 6.17. The van der Waals surface area contributed by atoms with Gasteiger partial charge in [-0.2, -0.15) is 10.2 Å². The van der Waals surface area contributed by atoms with E-state index < -0.39 is 8.07 Å². The van der Waals surface area contributed by atoms with Gasteiger partial charge in [0.2, 0.25) is 0 Å². The molecule has 2 heterocycles. The summed E-state index contributed by atoms with van der Waals surface area (Å²) in [5, 5.41) is 9.16. The number of hydrogen-bond donors (Lipinski definition) is 0. The Bertz CT molecular complexity index is 573. The fourth-order valence-corrected chi connectivity index (χ4v) is 2.66. The number of nitrogens with zero attached hydrogens (tertiary/aromatic N) is 4. The fraction of sp³-hybridized carbons (Fsp3) is 0.538. The second-order valence-electron chi connectivity index (χ2n) is 6.10. The number of hydrogen-bond acceptors (Lipinski definition) is 3. The Hall–Kier alpha value is -1.11. The standard InChI is InChI=1S/C13H21ClN4OSi/c1-17-9-11(8-15-17)12-7-13(14)18(16-12)10-19-5-6-20(2,3)4/h7-9H,5-6,10H2,1-4H3. The van der Waals surface area contributed by atoms with Crippen LogP contribution in [0, 0.1) is 0 Å². The molecule has 0 fully saturated rings. The van der Waals surface area contributed by atoms with Crippen LogP contribution in [0.5, 0.6) is 0 Å². The molecule has 0 aliphatic rings. The zero-order valence-corrected chi connectivity index (χ0v) is 14.2. The molecular formula is C13H21ClN4OSi. The van der Waals surface area contributed by atoms with Crippen molar-refractivity contribution >= 4 is 19.7 Å². The number of halogens is 1. The first-order valence-electron chi connectivity index (χ1n) is 6.65. The van der Waals surface area contributed by atoms with Gasteiger partial charge in [0.05, 0.1) is 11.9 Å². The molecule has 2 rings (SSSR count). The summed E-state index contributed by atoms with van der Waals surface area (Å²) in [6.07, 6.45) is 3.68. The molecule has 2 aromatic heterocycles. The Labute approximate surface area is 125 Å². The third-order valence-corrected chi connectivity index (χ3v) is 4.95. The van der Waals surface area contributed by atoms with Gasteiger partial charge in [0.15, 0.2) is 0 Å². The molecule has 0 bridgehead atoms. The Morgan fingerprint density at radius 2 is 2.10 bits per heavy atom. The molecule has 110 valence electrons. The molecule has 0 aromatic carbocycles. The molecule has 0 spiro atoms. The molecular weight excluding hydrogens is 292 g/mol. The first-order valence-corrected chi connectivity index (χ1v) is 10.7. The maximum Gasteiger partial charge on any atom is 0.141 e. The van der Waals surface area contributed by atoms with Crippen molar-refractivity contribution in [2.75, 3.05) is 6.61 Å². The van der Waals surface area contributed by atoms with Crippen LogP contribution in [0.1, 0.15) is 0 Å². The van der Waals surface area contributed by atoms with E-state index >= 15 is 0 Å². The number of ether oxygens (including phenoxy) is 1. The van der Waals surface area contributed by atoms with Gasteiger partial charge in [-0.3, -0.25) is 4.68 Å². The molecule has 20 heavy (non-hydrogen) atoms. The van der Waals surface area contributed by atoms with E-state index in [1.54, 1.807) is 15.6 Å².